The maximum Gasteiger partial charge on any atom is 0.240 e. The number of aryl methyl sites for hydroxylation is 1. The molecule has 0 N–H and O–H groups in total. The first-order valence-electron chi connectivity index (χ1n) is 5.85. The number of aromatic nitrogens is 1. The minimum absolute atomic E-state index is 0.474. The Morgan fingerprint density at radius 1 is 1.38 bits per heavy atom. The van der Waals surface area contributed by atoms with Crippen LogP contribution >= 0.6 is 0 Å². The lowest BCUT2D eigenvalue weighted by atomic mass is 9.86. The summed E-state index contributed by atoms with van der Waals surface area (Å²) >= 11 is 0. The van der Waals surface area contributed by atoms with Crippen LogP contribution in [0.4, 0.5) is 5.69 Å². The van der Waals surface area contributed by atoms with Gasteiger partial charge in [-0.3, -0.25) is 4.98 Å². The Labute approximate surface area is 95.6 Å². The minimum atomic E-state index is 0.474. The molecule has 2 rings (SSSR count). The van der Waals surface area contributed by atoms with Gasteiger partial charge in [-0.05, 0) is 31.4 Å². The van der Waals surface area contributed by atoms with Crippen molar-refractivity contribution in [2.45, 2.75) is 44.9 Å². The van der Waals surface area contributed by atoms with E-state index in [1.165, 1.54) is 19.3 Å². The summed E-state index contributed by atoms with van der Waals surface area (Å²) in [5, 5.41) is 0. The van der Waals surface area contributed by atoms with Gasteiger partial charge in [0.2, 0.25) is 6.08 Å². The summed E-state index contributed by atoms with van der Waals surface area (Å²) in [5.41, 5.74) is 2.73. The van der Waals surface area contributed by atoms with E-state index in [1.54, 1.807) is 6.08 Å². The third-order valence-electron chi connectivity index (χ3n) is 3.19. The van der Waals surface area contributed by atoms with E-state index in [-0.39, 0.29) is 0 Å². The zero-order valence-corrected chi connectivity index (χ0v) is 9.57. The van der Waals surface area contributed by atoms with E-state index in [0.29, 0.717) is 11.6 Å². The predicted molar refractivity (Wildman–Crippen MR) is 62.6 cm³/mol. The van der Waals surface area contributed by atoms with Crippen molar-refractivity contribution in [2.24, 2.45) is 4.99 Å². The number of rotatable bonds is 2. The Bertz CT molecular complexity index is 416. The van der Waals surface area contributed by atoms with E-state index in [0.717, 1.165) is 24.1 Å². The third kappa shape index (κ3) is 2.37. The summed E-state index contributed by atoms with van der Waals surface area (Å²) in [6.07, 6.45) is 9.63. The molecule has 0 saturated heterocycles. The van der Waals surface area contributed by atoms with E-state index >= 15 is 0 Å². The Balaban J connectivity index is 2.34. The number of hydrogen-bond acceptors (Lipinski definition) is 3. The lowest BCUT2D eigenvalue weighted by Crippen LogP contribution is -2.06. The SMILES string of the molecule is Cc1cnc(C2CCCCC2)c(N=C=O)c1. The monoisotopic (exact) mass is 216 g/mol. The molecule has 16 heavy (non-hydrogen) atoms. The number of isocyanates is 1. The van der Waals surface area contributed by atoms with Crippen LogP contribution in [0.25, 0.3) is 0 Å². The van der Waals surface area contributed by atoms with Gasteiger partial charge in [0.05, 0.1) is 11.4 Å². The lowest BCUT2D eigenvalue weighted by Gasteiger charge is -2.21. The summed E-state index contributed by atoms with van der Waals surface area (Å²) in [6, 6.07) is 1.92. The molecule has 1 aromatic heterocycles. The summed E-state index contributed by atoms with van der Waals surface area (Å²) in [5.74, 6) is 0.474. The fraction of sp³-hybridized carbons (Fsp3) is 0.538. The Hall–Kier alpha value is -1.47. The second-order valence-electron chi connectivity index (χ2n) is 4.46. The highest BCUT2D eigenvalue weighted by Gasteiger charge is 2.19. The molecule has 0 aliphatic heterocycles. The molecule has 1 aliphatic rings. The fourth-order valence-corrected chi connectivity index (χ4v) is 2.39. The van der Waals surface area contributed by atoms with E-state index < -0.39 is 0 Å². The first kappa shape index (κ1) is 11.0. The molecule has 3 heteroatoms. The molecular weight excluding hydrogens is 200 g/mol. The van der Waals surface area contributed by atoms with Crippen LogP contribution < -0.4 is 0 Å². The van der Waals surface area contributed by atoms with Crippen LogP contribution in [0.2, 0.25) is 0 Å². The predicted octanol–water partition coefficient (Wildman–Crippen LogP) is 3.41. The molecule has 0 radical (unpaired) electrons. The van der Waals surface area contributed by atoms with E-state index in [2.05, 4.69) is 9.98 Å². The van der Waals surface area contributed by atoms with Crippen LogP contribution in [-0.2, 0) is 4.79 Å². The van der Waals surface area contributed by atoms with Gasteiger partial charge in [-0.25, -0.2) is 4.79 Å². The highest BCUT2D eigenvalue weighted by Crippen LogP contribution is 2.36. The maximum atomic E-state index is 10.4. The minimum Gasteiger partial charge on any atom is -0.258 e. The van der Waals surface area contributed by atoms with Crippen molar-refractivity contribution in [2.75, 3.05) is 0 Å². The maximum absolute atomic E-state index is 10.4. The molecule has 0 bridgehead atoms. The lowest BCUT2D eigenvalue weighted by molar-refractivity contribution is 0.437. The topological polar surface area (TPSA) is 42.3 Å². The normalized spacial score (nSPS) is 16.8. The van der Waals surface area contributed by atoms with Crippen molar-refractivity contribution in [3.05, 3.63) is 23.5 Å². The molecule has 0 atom stereocenters. The standard InChI is InChI=1S/C13H16N2O/c1-10-7-12(15-9-16)13(14-8-10)11-5-3-2-4-6-11/h7-8,11H,2-6H2,1H3. The van der Waals surface area contributed by atoms with E-state index in [1.807, 2.05) is 19.2 Å². The smallest absolute Gasteiger partial charge is 0.240 e. The summed E-state index contributed by atoms with van der Waals surface area (Å²) < 4.78 is 0. The Morgan fingerprint density at radius 3 is 2.81 bits per heavy atom. The van der Waals surface area contributed by atoms with Crippen molar-refractivity contribution < 1.29 is 4.79 Å². The average molecular weight is 216 g/mol. The van der Waals surface area contributed by atoms with E-state index in [4.69, 9.17) is 0 Å². The molecule has 0 spiro atoms. The zero-order chi connectivity index (χ0) is 11.4. The van der Waals surface area contributed by atoms with E-state index in [9.17, 15) is 4.79 Å². The van der Waals surface area contributed by atoms with Gasteiger partial charge in [0.15, 0.2) is 0 Å². The zero-order valence-electron chi connectivity index (χ0n) is 9.57. The van der Waals surface area contributed by atoms with Gasteiger partial charge in [0.25, 0.3) is 0 Å². The number of hydrogen-bond donors (Lipinski definition) is 0. The quantitative estimate of drug-likeness (QED) is 0.561. The number of nitrogens with zero attached hydrogens (tertiary/aromatic N) is 2. The molecule has 1 aromatic rings. The number of pyridine rings is 1. The van der Waals surface area contributed by atoms with Gasteiger partial charge in [-0.15, -0.1) is 0 Å². The third-order valence-corrected chi connectivity index (χ3v) is 3.19. The molecule has 84 valence electrons. The van der Waals surface area contributed by atoms with Gasteiger partial charge in [-0.2, -0.15) is 4.99 Å². The summed E-state index contributed by atoms with van der Waals surface area (Å²) in [6.45, 7) is 1.96. The van der Waals surface area contributed by atoms with Gasteiger partial charge in [0.1, 0.15) is 0 Å². The van der Waals surface area contributed by atoms with Crippen LogP contribution in [0.5, 0.6) is 0 Å². The highest BCUT2D eigenvalue weighted by atomic mass is 16.1. The number of aliphatic imine (C=N–C) groups is 1. The second kappa shape index (κ2) is 5.04. The molecule has 1 saturated carbocycles. The van der Waals surface area contributed by atoms with Crippen LogP contribution in [0, 0.1) is 6.92 Å². The van der Waals surface area contributed by atoms with Crippen LogP contribution in [0.1, 0.15) is 49.3 Å². The molecular formula is C13H16N2O. The molecule has 3 nitrogen and oxygen atoms in total. The van der Waals surface area contributed by atoms with Gasteiger partial charge in [-0.1, -0.05) is 19.3 Å². The Morgan fingerprint density at radius 2 is 2.12 bits per heavy atom. The van der Waals surface area contributed by atoms with Gasteiger partial charge in [0, 0.05) is 12.1 Å². The van der Waals surface area contributed by atoms with Crippen molar-refractivity contribution in [3.8, 4) is 0 Å². The molecule has 0 amide bonds. The van der Waals surface area contributed by atoms with Crippen molar-refractivity contribution in [3.63, 3.8) is 0 Å². The fourth-order valence-electron chi connectivity index (χ4n) is 2.39. The summed E-state index contributed by atoms with van der Waals surface area (Å²) in [4.78, 5) is 18.6. The van der Waals surface area contributed by atoms with Crippen molar-refractivity contribution in [1.29, 1.82) is 0 Å². The molecule has 0 aromatic carbocycles. The van der Waals surface area contributed by atoms with Crippen LogP contribution in [0.3, 0.4) is 0 Å². The van der Waals surface area contributed by atoms with Crippen LogP contribution in [-0.4, -0.2) is 11.1 Å². The molecule has 0 unspecified atom stereocenters. The molecule has 1 aliphatic carbocycles. The first-order valence-corrected chi connectivity index (χ1v) is 5.85. The van der Waals surface area contributed by atoms with Crippen molar-refractivity contribution >= 4 is 11.8 Å². The first-order chi connectivity index (χ1) is 7.81. The highest BCUT2D eigenvalue weighted by molar-refractivity contribution is 5.53. The van der Waals surface area contributed by atoms with Gasteiger partial charge < -0.3 is 0 Å². The largest absolute Gasteiger partial charge is 0.258 e. The second-order valence-corrected chi connectivity index (χ2v) is 4.46. The van der Waals surface area contributed by atoms with Gasteiger partial charge >= 0.3 is 0 Å². The number of carbonyl (C=O) groups excluding carboxylic acids is 1. The molecule has 1 fully saturated rings. The Kier molecular flexibility index (Phi) is 3.47. The molecule has 1 heterocycles. The summed E-state index contributed by atoms with van der Waals surface area (Å²) in [7, 11) is 0. The average Bonchev–Trinajstić information content (AvgIpc) is 2.31. The van der Waals surface area contributed by atoms with Crippen molar-refractivity contribution in [1.82, 2.24) is 4.98 Å². The van der Waals surface area contributed by atoms with Crippen LogP contribution in [0.15, 0.2) is 17.3 Å².